The number of hydrogen-bond donors (Lipinski definition) is 7. The number of hydrogen-bond acceptors (Lipinski definition) is 7. The third-order valence-corrected chi connectivity index (χ3v) is 4.73. The summed E-state index contributed by atoms with van der Waals surface area (Å²) in [7, 11) is 0. The number of nitrogens with one attached hydrogen (secondary N) is 3. The van der Waals surface area contributed by atoms with Crippen LogP contribution in [-0.2, 0) is 24.0 Å². The molecule has 0 aromatic heterocycles. The van der Waals surface area contributed by atoms with E-state index in [0.717, 1.165) is 0 Å². The van der Waals surface area contributed by atoms with E-state index in [0.29, 0.717) is 6.42 Å². The Balaban J connectivity index is 5.41. The van der Waals surface area contributed by atoms with Gasteiger partial charge in [-0.15, -0.1) is 0 Å². The third kappa shape index (κ3) is 9.61. The fourth-order valence-electron chi connectivity index (χ4n) is 2.22. The van der Waals surface area contributed by atoms with Crippen molar-refractivity contribution in [1.82, 2.24) is 16.0 Å². The van der Waals surface area contributed by atoms with E-state index in [1.807, 2.05) is 0 Å². The quantitative estimate of drug-likeness (QED) is 0.174. The Bertz CT molecular complexity index is 617. The van der Waals surface area contributed by atoms with Crippen LogP contribution in [0.25, 0.3) is 0 Å². The topological polar surface area (TPSA) is 188 Å². The van der Waals surface area contributed by atoms with Crippen molar-refractivity contribution in [3.05, 3.63) is 0 Å². The van der Waals surface area contributed by atoms with Crippen molar-refractivity contribution >= 4 is 42.3 Å². The number of aliphatic carboxylic acids is 2. The molecule has 5 unspecified atom stereocenters. The first kappa shape index (κ1) is 26.7. The summed E-state index contributed by atoms with van der Waals surface area (Å²) in [5.41, 5.74) is 5.57. The molecule has 0 spiro atoms. The minimum absolute atomic E-state index is 0.0179. The zero-order valence-corrected chi connectivity index (χ0v) is 17.6. The summed E-state index contributed by atoms with van der Waals surface area (Å²) in [6.07, 6.45) is -0.117. The Morgan fingerprint density at radius 1 is 0.966 bits per heavy atom. The molecule has 0 aromatic carbocycles. The highest BCUT2D eigenvalue weighted by atomic mass is 32.1. The molecule has 0 aromatic rings. The Kier molecular flexibility index (Phi) is 11.9. The largest absolute Gasteiger partial charge is 0.481 e. The lowest BCUT2D eigenvalue weighted by Crippen LogP contribution is -2.58. The molecule has 0 bridgehead atoms. The maximum atomic E-state index is 12.7. The molecule has 0 fully saturated rings. The normalized spacial score (nSPS) is 15.9. The first-order valence-electron chi connectivity index (χ1n) is 9.16. The van der Waals surface area contributed by atoms with Crippen molar-refractivity contribution in [1.29, 1.82) is 0 Å². The first-order valence-corrected chi connectivity index (χ1v) is 9.79. The fourth-order valence-corrected chi connectivity index (χ4v) is 2.38. The number of carbonyl (C=O) groups excluding carboxylic acids is 3. The summed E-state index contributed by atoms with van der Waals surface area (Å²) in [5.74, 6) is -4.89. The number of carboxylic acids is 2. The van der Waals surface area contributed by atoms with Crippen molar-refractivity contribution in [2.45, 2.75) is 64.2 Å². The predicted octanol–water partition coefficient (Wildman–Crippen LogP) is -1.29. The van der Waals surface area contributed by atoms with Gasteiger partial charge < -0.3 is 31.9 Å². The van der Waals surface area contributed by atoms with Gasteiger partial charge >= 0.3 is 11.9 Å². The van der Waals surface area contributed by atoms with Crippen LogP contribution in [0.2, 0.25) is 0 Å². The van der Waals surface area contributed by atoms with Gasteiger partial charge in [0.1, 0.15) is 18.1 Å². The van der Waals surface area contributed by atoms with Crippen LogP contribution in [0.3, 0.4) is 0 Å². The van der Waals surface area contributed by atoms with Gasteiger partial charge in [-0.1, -0.05) is 20.3 Å². The standard InChI is InChI=1S/C17H30N4O7S/c1-4-8(2)13(16(26)19-9(3)17(27)28)21-15(25)11(5-6-12(22)23)20-14(24)10(18)7-29/h8-11,13,29H,4-7,18H2,1-3H3,(H,19,26)(H,20,24)(H,21,25)(H,22,23)(H,27,28). The van der Waals surface area contributed by atoms with E-state index < -0.39 is 60.2 Å². The molecule has 166 valence electrons. The average Bonchev–Trinajstić information content (AvgIpc) is 2.66. The van der Waals surface area contributed by atoms with E-state index >= 15 is 0 Å². The molecule has 7 N–H and O–H groups in total. The fraction of sp³-hybridized carbons (Fsp3) is 0.706. The molecule has 11 nitrogen and oxygen atoms in total. The van der Waals surface area contributed by atoms with Gasteiger partial charge in [-0.25, -0.2) is 0 Å². The Morgan fingerprint density at radius 2 is 1.55 bits per heavy atom. The lowest BCUT2D eigenvalue weighted by atomic mass is 9.97. The zero-order valence-electron chi connectivity index (χ0n) is 16.7. The Hall–Kier alpha value is -2.34. The van der Waals surface area contributed by atoms with Gasteiger partial charge in [-0.05, 0) is 19.3 Å². The van der Waals surface area contributed by atoms with Crippen LogP contribution in [0.5, 0.6) is 0 Å². The Labute approximate surface area is 174 Å². The summed E-state index contributed by atoms with van der Waals surface area (Å²) in [6.45, 7) is 4.76. The highest BCUT2D eigenvalue weighted by Gasteiger charge is 2.31. The lowest BCUT2D eigenvalue weighted by Gasteiger charge is -2.27. The van der Waals surface area contributed by atoms with Crippen LogP contribution in [-0.4, -0.2) is 69.8 Å². The van der Waals surface area contributed by atoms with Crippen LogP contribution in [0.4, 0.5) is 0 Å². The molecule has 0 saturated carbocycles. The van der Waals surface area contributed by atoms with E-state index in [4.69, 9.17) is 15.9 Å². The highest BCUT2D eigenvalue weighted by molar-refractivity contribution is 7.80. The molecule has 0 aliphatic rings. The molecule has 3 amide bonds. The summed E-state index contributed by atoms with van der Waals surface area (Å²) >= 11 is 3.90. The monoisotopic (exact) mass is 434 g/mol. The molecule has 0 saturated heterocycles. The molecular formula is C17H30N4O7S. The van der Waals surface area contributed by atoms with Gasteiger partial charge in [0, 0.05) is 12.2 Å². The van der Waals surface area contributed by atoms with Gasteiger partial charge in [0.05, 0.1) is 6.04 Å². The van der Waals surface area contributed by atoms with Gasteiger partial charge in [-0.2, -0.15) is 12.6 Å². The van der Waals surface area contributed by atoms with Crippen LogP contribution in [0.1, 0.15) is 40.0 Å². The number of carbonyl (C=O) groups is 5. The van der Waals surface area contributed by atoms with Crippen molar-refractivity contribution in [3.63, 3.8) is 0 Å². The predicted molar refractivity (Wildman–Crippen MR) is 107 cm³/mol. The SMILES string of the molecule is CCC(C)C(NC(=O)C(CCC(=O)O)NC(=O)C(N)CS)C(=O)NC(C)C(=O)O. The molecule has 0 heterocycles. The number of thiol groups is 1. The maximum absolute atomic E-state index is 12.7. The van der Waals surface area contributed by atoms with Crippen molar-refractivity contribution < 1.29 is 34.2 Å². The van der Waals surface area contributed by atoms with Gasteiger partial charge in [0.15, 0.2) is 0 Å². The number of nitrogens with two attached hydrogens (primary N) is 1. The van der Waals surface area contributed by atoms with E-state index in [1.54, 1.807) is 13.8 Å². The molecule has 0 aliphatic carbocycles. The van der Waals surface area contributed by atoms with Gasteiger partial charge in [0.2, 0.25) is 17.7 Å². The summed E-state index contributed by atoms with van der Waals surface area (Å²) in [5, 5.41) is 25.0. The molecular weight excluding hydrogens is 404 g/mol. The summed E-state index contributed by atoms with van der Waals surface area (Å²) < 4.78 is 0. The second-order valence-corrected chi connectivity index (χ2v) is 7.09. The first-order chi connectivity index (χ1) is 13.4. The summed E-state index contributed by atoms with van der Waals surface area (Å²) in [4.78, 5) is 59.0. The molecule has 5 atom stereocenters. The van der Waals surface area contributed by atoms with Gasteiger partial charge in [0.25, 0.3) is 0 Å². The zero-order chi connectivity index (χ0) is 22.7. The third-order valence-electron chi connectivity index (χ3n) is 4.34. The molecule has 0 radical (unpaired) electrons. The number of amides is 3. The van der Waals surface area contributed by atoms with Crippen LogP contribution in [0, 0.1) is 5.92 Å². The number of rotatable bonds is 13. The van der Waals surface area contributed by atoms with Gasteiger partial charge in [-0.3, -0.25) is 24.0 Å². The second kappa shape index (κ2) is 13.0. The number of carboxylic acid groups (broad SMARTS) is 2. The van der Waals surface area contributed by atoms with Crippen molar-refractivity contribution in [3.8, 4) is 0 Å². The highest BCUT2D eigenvalue weighted by Crippen LogP contribution is 2.10. The van der Waals surface area contributed by atoms with E-state index in [9.17, 15) is 24.0 Å². The average molecular weight is 435 g/mol. The molecule has 0 rings (SSSR count). The lowest BCUT2D eigenvalue weighted by molar-refractivity contribution is -0.142. The molecule has 29 heavy (non-hydrogen) atoms. The van der Waals surface area contributed by atoms with E-state index in [1.165, 1.54) is 6.92 Å². The minimum atomic E-state index is -1.24. The minimum Gasteiger partial charge on any atom is -0.481 e. The van der Waals surface area contributed by atoms with Crippen LogP contribution >= 0.6 is 12.6 Å². The van der Waals surface area contributed by atoms with Crippen LogP contribution in [0.15, 0.2) is 0 Å². The molecule has 0 aliphatic heterocycles. The van der Waals surface area contributed by atoms with E-state index in [2.05, 4.69) is 28.6 Å². The Morgan fingerprint density at radius 3 is 2.00 bits per heavy atom. The van der Waals surface area contributed by atoms with Crippen molar-refractivity contribution in [2.75, 3.05) is 5.75 Å². The van der Waals surface area contributed by atoms with Crippen LogP contribution < -0.4 is 21.7 Å². The maximum Gasteiger partial charge on any atom is 0.325 e. The van der Waals surface area contributed by atoms with E-state index in [-0.39, 0.29) is 18.1 Å². The smallest absolute Gasteiger partial charge is 0.325 e. The second-order valence-electron chi connectivity index (χ2n) is 6.72. The summed E-state index contributed by atoms with van der Waals surface area (Å²) in [6, 6.07) is -4.47. The molecule has 12 heteroatoms. The van der Waals surface area contributed by atoms with Crippen molar-refractivity contribution in [2.24, 2.45) is 11.7 Å².